The van der Waals surface area contributed by atoms with Gasteiger partial charge in [-0.3, -0.25) is 4.79 Å². The summed E-state index contributed by atoms with van der Waals surface area (Å²) in [7, 11) is -0.421. The second kappa shape index (κ2) is 6.70. The molecule has 2 aromatic heterocycles. The van der Waals surface area contributed by atoms with Crippen LogP contribution >= 0.6 is 0 Å². The maximum Gasteiger partial charge on any atom is 0.494 e. The van der Waals surface area contributed by atoms with Gasteiger partial charge in [0.1, 0.15) is 5.65 Å². The fourth-order valence-electron chi connectivity index (χ4n) is 5.81. The molecule has 1 aliphatic heterocycles. The van der Waals surface area contributed by atoms with Crippen molar-refractivity contribution < 1.29 is 9.31 Å². The SMILES string of the molecule is CCC1(C)c2c(c(=O)nc3c4ccc(B5OC(C)(C)C(C)(C)O5)cc4ccn23)C(C)C1(C)C. The van der Waals surface area contributed by atoms with Crippen LogP contribution in [0.4, 0.5) is 0 Å². The maximum atomic E-state index is 13.3. The Bertz CT molecular complexity index is 1340. The number of rotatable bonds is 2. The lowest BCUT2D eigenvalue weighted by Gasteiger charge is -2.41. The molecule has 2 unspecified atom stereocenters. The van der Waals surface area contributed by atoms with Gasteiger partial charge in [0.25, 0.3) is 5.56 Å². The average molecular weight is 446 g/mol. The first-order valence-corrected chi connectivity index (χ1v) is 12.1. The third kappa shape index (κ3) is 2.80. The molecule has 0 N–H and O–H groups in total. The first-order chi connectivity index (χ1) is 15.2. The third-order valence-corrected chi connectivity index (χ3v) is 9.57. The second-order valence-corrected chi connectivity index (χ2v) is 11.8. The molecule has 1 saturated heterocycles. The highest BCUT2D eigenvalue weighted by molar-refractivity contribution is 6.62. The van der Waals surface area contributed by atoms with E-state index in [4.69, 9.17) is 9.31 Å². The summed E-state index contributed by atoms with van der Waals surface area (Å²) < 4.78 is 14.7. The summed E-state index contributed by atoms with van der Waals surface area (Å²) in [6, 6.07) is 8.31. The van der Waals surface area contributed by atoms with Crippen molar-refractivity contribution in [2.45, 2.75) is 91.3 Å². The molecule has 33 heavy (non-hydrogen) atoms. The molecule has 5 nitrogen and oxygen atoms in total. The van der Waals surface area contributed by atoms with Gasteiger partial charge in [-0.05, 0) is 62.4 Å². The lowest BCUT2D eigenvalue weighted by Crippen LogP contribution is -2.41. The minimum absolute atomic E-state index is 0.0399. The highest BCUT2D eigenvalue weighted by Gasteiger charge is 2.55. The Labute approximate surface area is 196 Å². The van der Waals surface area contributed by atoms with E-state index in [0.29, 0.717) is 0 Å². The molecule has 0 spiro atoms. The van der Waals surface area contributed by atoms with Crippen molar-refractivity contribution in [3.8, 4) is 0 Å². The van der Waals surface area contributed by atoms with Crippen molar-refractivity contribution in [1.82, 2.24) is 9.38 Å². The number of benzene rings is 1. The van der Waals surface area contributed by atoms with Crippen LogP contribution in [0.5, 0.6) is 0 Å². The molecule has 3 aromatic rings. The quantitative estimate of drug-likeness (QED) is 0.413. The fraction of sp³-hybridized carbons (Fsp3) is 0.556. The summed E-state index contributed by atoms with van der Waals surface area (Å²) in [5, 5.41) is 1.99. The summed E-state index contributed by atoms with van der Waals surface area (Å²) in [6.07, 6.45) is 3.04. The third-order valence-electron chi connectivity index (χ3n) is 9.57. The van der Waals surface area contributed by atoms with Gasteiger partial charge in [-0.1, -0.05) is 52.8 Å². The molecule has 0 bridgehead atoms. The normalized spacial score (nSPS) is 27.4. The van der Waals surface area contributed by atoms with E-state index >= 15 is 0 Å². The smallest absolute Gasteiger partial charge is 0.399 e. The molecule has 3 heterocycles. The van der Waals surface area contributed by atoms with Crippen LogP contribution < -0.4 is 11.0 Å². The van der Waals surface area contributed by atoms with Crippen LogP contribution in [-0.4, -0.2) is 27.7 Å². The first kappa shape index (κ1) is 22.6. The van der Waals surface area contributed by atoms with Crippen molar-refractivity contribution in [2.75, 3.05) is 0 Å². The molecule has 1 fully saturated rings. The highest BCUT2D eigenvalue weighted by Crippen LogP contribution is 2.58. The zero-order chi connectivity index (χ0) is 24.1. The van der Waals surface area contributed by atoms with Crippen LogP contribution in [0.2, 0.25) is 0 Å². The van der Waals surface area contributed by atoms with Gasteiger partial charge in [0.15, 0.2) is 0 Å². The molecular formula is C27H35BN2O3. The van der Waals surface area contributed by atoms with Gasteiger partial charge in [-0.15, -0.1) is 0 Å². The zero-order valence-electron chi connectivity index (χ0n) is 21.4. The van der Waals surface area contributed by atoms with Crippen molar-refractivity contribution >= 4 is 29.0 Å². The molecule has 0 saturated carbocycles. The number of hydrogen-bond acceptors (Lipinski definition) is 4. The molecule has 0 amide bonds. The van der Waals surface area contributed by atoms with E-state index in [9.17, 15) is 4.79 Å². The van der Waals surface area contributed by atoms with Gasteiger partial charge in [-0.2, -0.15) is 4.98 Å². The van der Waals surface area contributed by atoms with Crippen LogP contribution in [0.1, 0.15) is 85.9 Å². The largest absolute Gasteiger partial charge is 0.494 e. The molecule has 2 aliphatic rings. The lowest BCUT2D eigenvalue weighted by atomic mass is 9.63. The lowest BCUT2D eigenvalue weighted by molar-refractivity contribution is 0.00578. The standard InChI is InChI=1S/C27H35BN2O3/c1-10-27(9)21-20(16(2)24(27,3)4)23(31)29-22-19-12-11-18(15-17(19)13-14-30(21)22)28-32-25(5,6)26(7,8)33-28/h11-16H,10H2,1-9H3. The molecular weight excluding hydrogens is 411 g/mol. The van der Waals surface area contributed by atoms with E-state index in [0.717, 1.165) is 39.6 Å². The van der Waals surface area contributed by atoms with E-state index in [2.05, 4.69) is 96.1 Å². The van der Waals surface area contributed by atoms with Gasteiger partial charge in [-0.25, -0.2) is 0 Å². The van der Waals surface area contributed by atoms with Crippen molar-refractivity contribution in [3.63, 3.8) is 0 Å². The van der Waals surface area contributed by atoms with Crippen LogP contribution in [0, 0.1) is 5.41 Å². The molecule has 1 aromatic carbocycles. The van der Waals surface area contributed by atoms with Gasteiger partial charge in [0, 0.05) is 28.3 Å². The summed E-state index contributed by atoms with van der Waals surface area (Å²) in [4.78, 5) is 17.9. The topological polar surface area (TPSA) is 52.8 Å². The number of pyridine rings is 1. The molecule has 2 atom stereocenters. The Morgan fingerprint density at radius 1 is 1.03 bits per heavy atom. The Balaban J connectivity index is 1.71. The Morgan fingerprint density at radius 3 is 2.27 bits per heavy atom. The Hall–Kier alpha value is -2.18. The van der Waals surface area contributed by atoms with Crippen molar-refractivity contribution in [2.24, 2.45) is 5.41 Å². The van der Waals surface area contributed by atoms with Crippen LogP contribution in [0.25, 0.3) is 16.4 Å². The van der Waals surface area contributed by atoms with Gasteiger partial charge < -0.3 is 13.7 Å². The average Bonchev–Trinajstić information content (AvgIpc) is 3.06. The van der Waals surface area contributed by atoms with Crippen LogP contribution in [0.3, 0.4) is 0 Å². The number of nitrogens with zero attached hydrogens (tertiary/aromatic N) is 2. The van der Waals surface area contributed by atoms with Crippen molar-refractivity contribution in [3.05, 3.63) is 52.1 Å². The molecule has 174 valence electrons. The predicted molar refractivity (Wildman–Crippen MR) is 135 cm³/mol. The van der Waals surface area contributed by atoms with Crippen molar-refractivity contribution in [1.29, 1.82) is 0 Å². The van der Waals surface area contributed by atoms with Gasteiger partial charge in [0.05, 0.1) is 11.2 Å². The minimum atomic E-state index is -0.421. The summed E-state index contributed by atoms with van der Waals surface area (Å²) in [5.74, 6) is 0.149. The number of fused-ring (bicyclic) bond motifs is 5. The van der Waals surface area contributed by atoms with Gasteiger partial charge >= 0.3 is 7.12 Å². The molecule has 5 rings (SSSR count). The fourth-order valence-corrected chi connectivity index (χ4v) is 5.81. The molecule has 6 heteroatoms. The number of hydrogen-bond donors (Lipinski definition) is 0. The van der Waals surface area contributed by atoms with Crippen LogP contribution in [-0.2, 0) is 14.7 Å². The van der Waals surface area contributed by atoms with E-state index < -0.39 is 7.12 Å². The molecule has 0 radical (unpaired) electrons. The monoisotopic (exact) mass is 446 g/mol. The minimum Gasteiger partial charge on any atom is -0.399 e. The maximum absolute atomic E-state index is 13.3. The van der Waals surface area contributed by atoms with E-state index in [1.807, 2.05) is 6.07 Å². The molecule has 1 aliphatic carbocycles. The summed E-state index contributed by atoms with van der Waals surface area (Å²) in [5.41, 5.74) is 2.66. The highest BCUT2D eigenvalue weighted by atomic mass is 16.7. The number of aromatic nitrogens is 2. The second-order valence-electron chi connectivity index (χ2n) is 11.8. The summed E-state index contributed by atoms with van der Waals surface area (Å²) >= 11 is 0. The predicted octanol–water partition coefficient (Wildman–Crippen LogP) is 4.96. The van der Waals surface area contributed by atoms with E-state index in [1.54, 1.807) is 0 Å². The van der Waals surface area contributed by atoms with E-state index in [-0.39, 0.29) is 33.5 Å². The Morgan fingerprint density at radius 2 is 1.67 bits per heavy atom. The summed E-state index contributed by atoms with van der Waals surface area (Å²) in [6.45, 7) is 19.5. The Kier molecular flexibility index (Phi) is 4.59. The first-order valence-electron chi connectivity index (χ1n) is 12.1. The zero-order valence-corrected chi connectivity index (χ0v) is 21.4. The van der Waals surface area contributed by atoms with E-state index in [1.165, 1.54) is 0 Å². The van der Waals surface area contributed by atoms with Crippen LogP contribution in [0.15, 0.2) is 35.3 Å². The van der Waals surface area contributed by atoms with Gasteiger partial charge in [0.2, 0.25) is 0 Å².